The van der Waals surface area contributed by atoms with E-state index in [1.54, 1.807) is 13.0 Å². The molecular weight excluding hydrogens is 836 g/mol. The number of fused-ring (bicyclic) bond motifs is 1. The number of rotatable bonds is 15. The smallest absolute Gasteiger partial charge is 0.303 e. The molecule has 3 heterocycles. The van der Waals surface area contributed by atoms with Crippen molar-refractivity contribution in [2.24, 2.45) is 11.8 Å². The molecule has 0 N–H and O–H groups in total. The Hall–Kier alpha value is -5.39. The lowest BCUT2D eigenvalue weighted by Gasteiger charge is -2.48. The molecule has 3 aliphatic heterocycles. The third kappa shape index (κ3) is 12.8. The van der Waals surface area contributed by atoms with Crippen LogP contribution in [0.5, 0.6) is 0 Å². The standard InChI is InChI=1S/C39H52O23/c1-16(40)50-14-27-30(53-19(4)43)32(55-21(6)45)34(57-23(8)47)37(59-27)61-36-29-25(11-12-49-36)26(52-18(3)42)13-39(29,10)62-38-35(58-24(9)48)33(56-22(7)46)31(54-20(5)44)28(60-38)15-51-17(2)41/h11-12,25-38H,13-15H2,1-10H3. The summed E-state index contributed by atoms with van der Waals surface area (Å²) in [4.78, 5) is 111. The fraction of sp³-hybridized carbons (Fsp3) is 0.718. The van der Waals surface area contributed by atoms with E-state index < -0.39 is 158 Å². The zero-order valence-electron chi connectivity index (χ0n) is 35.7. The molecule has 3 fully saturated rings. The van der Waals surface area contributed by atoms with Gasteiger partial charge >= 0.3 is 53.7 Å². The van der Waals surface area contributed by atoms with E-state index in [-0.39, 0.29) is 6.42 Å². The van der Waals surface area contributed by atoms with Crippen LogP contribution in [0, 0.1) is 11.8 Å². The van der Waals surface area contributed by atoms with Crippen LogP contribution in [-0.2, 0) is 109 Å². The van der Waals surface area contributed by atoms with Crippen molar-refractivity contribution in [2.45, 2.75) is 155 Å². The molecular formula is C39H52O23. The largest absolute Gasteiger partial charge is 0.472 e. The average Bonchev–Trinajstić information content (AvgIpc) is 3.41. The predicted molar refractivity (Wildman–Crippen MR) is 196 cm³/mol. The van der Waals surface area contributed by atoms with Crippen LogP contribution in [0.3, 0.4) is 0 Å². The quantitative estimate of drug-likeness (QED) is 0.159. The van der Waals surface area contributed by atoms with Crippen molar-refractivity contribution in [3.63, 3.8) is 0 Å². The van der Waals surface area contributed by atoms with Gasteiger partial charge in [0.15, 0.2) is 42.9 Å². The highest BCUT2D eigenvalue weighted by molar-refractivity contribution is 5.70. The van der Waals surface area contributed by atoms with Crippen molar-refractivity contribution in [3.05, 3.63) is 12.3 Å². The van der Waals surface area contributed by atoms with Gasteiger partial charge in [-0.3, -0.25) is 43.2 Å². The summed E-state index contributed by atoms with van der Waals surface area (Å²) in [5.74, 6) is -9.33. The third-order valence-electron chi connectivity index (χ3n) is 9.83. The topological polar surface area (TPSA) is 283 Å². The molecule has 4 aliphatic rings. The van der Waals surface area contributed by atoms with E-state index in [4.69, 9.17) is 66.3 Å². The van der Waals surface area contributed by atoms with E-state index in [1.807, 2.05) is 0 Å². The first kappa shape index (κ1) is 49.3. The minimum absolute atomic E-state index is 0.138. The molecule has 1 aliphatic carbocycles. The normalized spacial score (nSPS) is 34.7. The van der Waals surface area contributed by atoms with Crippen LogP contribution in [0.1, 0.15) is 75.7 Å². The molecule has 0 aromatic carbocycles. The minimum atomic E-state index is -1.74. The zero-order valence-corrected chi connectivity index (χ0v) is 35.7. The Labute approximate surface area is 355 Å². The maximum absolute atomic E-state index is 12.6. The molecule has 346 valence electrons. The molecule has 23 heteroatoms. The lowest BCUT2D eigenvalue weighted by Crippen LogP contribution is -2.65. The van der Waals surface area contributed by atoms with Gasteiger partial charge in [0.1, 0.15) is 31.5 Å². The number of carbonyl (C=O) groups is 9. The minimum Gasteiger partial charge on any atom is -0.472 e. The van der Waals surface area contributed by atoms with E-state index in [0.29, 0.717) is 0 Å². The highest BCUT2D eigenvalue weighted by atomic mass is 16.8. The second-order valence-corrected chi connectivity index (χ2v) is 15.0. The number of esters is 9. The molecule has 4 rings (SSSR count). The molecule has 1 saturated carbocycles. The van der Waals surface area contributed by atoms with Gasteiger partial charge in [-0.25, -0.2) is 0 Å². The molecule has 0 bridgehead atoms. The third-order valence-corrected chi connectivity index (χ3v) is 9.83. The first-order valence-electron chi connectivity index (χ1n) is 19.4. The monoisotopic (exact) mass is 888 g/mol. The van der Waals surface area contributed by atoms with Gasteiger partial charge in [-0.15, -0.1) is 0 Å². The van der Waals surface area contributed by atoms with Crippen LogP contribution in [0.4, 0.5) is 0 Å². The highest BCUT2D eigenvalue weighted by Crippen LogP contribution is 2.51. The summed E-state index contributed by atoms with van der Waals surface area (Å²) in [7, 11) is 0. The molecule has 0 amide bonds. The fourth-order valence-electron chi connectivity index (χ4n) is 7.88. The Morgan fingerprint density at radius 2 is 0.887 bits per heavy atom. The van der Waals surface area contributed by atoms with Gasteiger partial charge in [-0.2, -0.15) is 0 Å². The van der Waals surface area contributed by atoms with Crippen molar-refractivity contribution < 1.29 is 109 Å². The SMILES string of the molecule is CC(=O)OCC1OC(OC2OC=CC3C(OC(C)=O)CC(C)(OC4OC(COC(C)=O)C(OC(C)=O)C(OC(C)=O)C4OC(C)=O)C23)C(OC(C)=O)C(OC(C)=O)C1OC(C)=O. The number of hydrogen-bond donors (Lipinski definition) is 0. The van der Waals surface area contributed by atoms with Crippen molar-refractivity contribution in [1.29, 1.82) is 0 Å². The van der Waals surface area contributed by atoms with Crippen LogP contribution in [-0.4, -0.2) is 146 Å². The van der Waals surface area contributed by atoms with Crippen LogP contribution in [0.15, 0.2) is 12.3 Å². The Bertz CT molecular complexity index is 1740. The molecule has 0 spiro atoms. The highest BCUT2D eigenvalue weighted by Gasteiger charge is 2.63. The predicted octanol–water partition coefficient (Wildman–Crippen LogP) is 0.382. The molecule has 0 radical (unpaired) electrons. The zero-order chi connectivity index (χ0) is 46.2. The van der Waals surface area contributed by atoms with Crippen molar-refractivity contribution >= 4 is 53.7 Å². The maximum Gasteiger partial charge on any atom is 0.303 e. The average molecular weight is 889 g/mol. The number of carbonyl (C=O) groups excluding carboxylic acids is 9. The number of ether oxygens (including phenoxy) is 14. The summed E-state index contributed by atoms with van der Waals surface area (Å²) in [5.41, 5.74) is -1.64. The second-order valence-electron chi connectivity index (χ2n) is 15.0. The van der Waals surface area contributed by atoms with Gasteiger partial charge in [0.25, 0.3) is 0 Å². The first-order chi connectivity index (χ1) is 29.0. The molecule has 15 atom stereocenters. The van der Waals surface area contributed by atoms with Crippen LogP contribution in [0.25, 0.3) is 0 Å². The maximum atomic E-state index is 12.6. The van der Waals surface area contributed by atoms with Gasteiger partial charge in [0, 0.05) is 74.7 Å². The summed E-state index contributed by atoms with van der Waals surface area (Å²) >= 11 is 0. The Kier molecular flexibility index (Phi) is 16.8. The lowest BCUT2D eigenvalue weighted by atomic mass is 9.84. The summed E-state index contributed by atoms with van der Waals surface area (Å²) in [6.07, 6.45) is -15.6. The molecule has 2 saturated heterocycles. The van der Waals surface area contributed by atoms with Crippen LogP contribution in [0.2, 0.25) is 0 Å². The van der Waals surface area contributed by atoms with Gasteiger partial charge in [0.2, 0.25) is 12.6 Å². The van der Waals surface area contributed by atoms with Crippen LogP contribution >= 0.6 is 0 Å². The Balaban J connectivity index is 1.83. The van der Waals surface area contributed by atoms with Gasteiger partial charge < -0.3 is 66.3 Å². The number of hydrogen-bond acceptors (Lipinski definition) is 23. The Morgan fingerprint density at radius 3 is 1.31 bits per heavy atom. The second kappa shape index (κ2) is 21.1. The van der Waals surface area contributed by atoms with E-state index in [1.165, 1.54) is 13.2 Å². The first-order valence-corrected chi connectivity index (χ1v) is 19.4. The van der Waals surface area contributed by atoms with Gasteiger partial charge in [0.05, 0.1) is 17.8 Å². The van der Waals surface area contributed by atoms with E-state index in [9.17, 15) is 43.2 Å². The molecule has 23 nitrogen and oxygen atoms in total. The molecule has 62 heavy (non-hydrogen) atoms. The molecule has 0 aromatic rings. The van der Waals surface area contributed by atoms with Crippen molar-refractivity contribution in [3.8, 4) is 0 Å². The van der Waals surface area contributed by atoms with Crippen molar-refractivity contribution in [1.82, 2.24) is 0 Å². The fourth-order valence-corrected chi connectivity index (χ4v) is 7.88. The summed E-state index contributed by atoms with van der Waals surface area (Å²) in [5, 5.41) is 0. The molecule has 15 unspecified atom stereocenters. The lowest BCUT2D eigenvalue weighted by molar-refractivity contribution is -0.363. The van der Waals surface area contributed by atoms with Crippen LogP contribution < -0.4 is 0 Å². The Morgan fingerprint density at radius 1 is 0.500 bits per heavy atom. The van der Waals surface area contributed by atoms with Crippen molar-refractivity contribution in [2.75, 3.05) is 13.2 Å². The summed E-state index contributed by atoms with van der Waals surface area (Å²) < 4.78 is 80.8. The summed E-state index contributed by atoms with van der Waals surface area (Å²) in [6.45, 7) is 10.1. The molecule has 0 aromatic heterocycles. The van der Waals surface area contributed by atoms with E-state index >= 15 is 0 Å². The summed E-state index contributed by atoms with van der Waals surface area (Å²) in [6, 6.07) is 0. The van der Waals surface area contributed by atoms with Gasteiger partial charge in [-0.05, 0) is 13.0 Å². The van der Waals surface area contributed by atoms with E-state index in [0.717, 1.165) is 55.4 Å². The van der Waals surface area contributed by atoms with E-state index in [2.05, 4.69) is 0 Å². The van der Waals surface area contributed by atoms with Gasteiger partial charge in [-0.1, -0.05) is 0 Å².